The molecule has 45 heavy (non-hydrogen) atoms. The van der Waals surface area contributed by atoms with Gasteiger partial charge in [-0.25, -0.2) is 9.59 Å². The van der Waals surface area contributed by atoms with Gasteiger partial charge in [0, 0.05) is 17.3 Å². The minimum Gasteiger partial charge on any atom is -0.496 e. The molecule has 0 fully saturated rings. The van der Waals surface area contributed by atoms with Crippen LogP contribution in [0.1, 0.15) is 83.4 Å². The van der Waals surface area contributed by atoms with Crippen LogP contribution in [0.4, 0.5) is 0 Å². The molecule has 238 valence electrons. The van der Waals surface area contributed by atoms with Crippen LogP contribution in [0.25, 0.3) is 21.8 Å². The van der Waals surface area contributed by atoms with Crippen LogP contribution in [-0.4, -0.2) is 47.4 Å². The van der Waals surface area contributed by atoms with E-state index in [9.17, 15) is 14.7 Å². The first kappa shape index (κ1) is 33.2. The quantitative estimate of drug-likeness (QED) is 0.181. The Hall–Kier alpha value is -4.72. The number of hydrogen-bond donors (Lipinski definition) is 2. The fourth-order valence-electron chi connectivity index (χ4n) is 6.59. The summed E-state index contributed by atoms with van der Waals surface area (Å²) in [5, 5.41) is 11.6. The molecular formula is C37H44N2O6. The van der Waals surface area contributed by atoms with Crippen molar-refractivity contribution in [1.82, 2.24) is 9.55 Å². The van der Waals surface area contributed by atoms with Gasteiger partial charge in [0.15, 0.2) is 0 Å². The number of methoxy groups -OCH3 is 2. The normalized spacial score (nSPS) is 12.8. The number of esters is 1. The number of aromatic carboxylic acids is 1. The van der Waals surface area contributed by atoms with Crippen LogP contribution in [0.2, 0.25) is 0 Å². The molecule has 7 rings (SSSR count). The van der Waals surface area contributed by atoms with E-state index in [2.05, 4.69) is 17.1 Å². The Labute approximate surface area is 264 Å². The summed E-state index contributed by atoms with van der Waals surface area (Å²) in [5.41, 5.74) is 9.12. The molecule has 0 bridgehead atoms. The summed E-state index contributed by atoms with van der Waals surface area (Å²) in [4.78, 5) is 26.8. The number of carbonyl (C=O) groups excluding carboxylic acids is 1. The number of aromatic nitrogens is 2. The number of benzene rings is 3. The summed E-state index contributed by atoms with van der Waals surface area (Å²) >= 11 is 0. The van der Waals surface area contributed by atoms with Gasteiger partial charge in [0.2, 0.25) is 0 Å². The SMILES string of the molecule is C.C.CCOC(=O)c1cc2c(OC)cc3c(c2[nH]1)CCC3.COc1cc2c(c3c1cc(C(=O)O)n3Cc1ccccc1)CCC2. The second kappa shape index (κ2) is 13.9. The summed E-state index contributed by atoms with van der Waals surface area (Å²) in [6.07, 6.45) is 6.42. The van der Waals surface area contributed by atoms with Crippen molar-refractivity contribution in [2.24, 2.45) is 0 Å². The Morgan fingerprint density at radius 2 is 1.47 bits per heavy atom. The van der Waals surface area contributed by atoms with Gasteiger partial charge in [0.05, 0.1) is 31.9 Å². The molecule has 2 heterocycles. The molecule has 2 aliphatic rings. The zero-order chi connectivity index (χ0) is 30.1. The van der Waals surface area contributed by atoms with E-state index in [1.165, 1.54) is 22.3 Å². The lowest BCUT2D eigenvalue weighted by Crippen LogP contribution is -2.10. The van der Waals surface area contributed by atoms with Gasteiger partial charge in [-0.3, -0.25) is 0 Å². The average Bonchev–Trinajstić information content (AvgIpc) is 3.81. The minimum atomic E-state index is -0.907. The summed E-state index contributed by atoms with van der Waals surface area (Å²) < 4.78 is 17.9. The number of H-pyrrole nitrogens is 1. The molecule has 2 N–H and O–H groups in total. The fourth-order valence-corrected chi connectivity index (χ4v) is 6.59. The average molecular weight is 613 g/mol. The first-order valence-electron chi connectivity index (χ1n) is 14.8. The molecule has 0 unspecified atom stereocenters. The third kappa shape index (κ3) is 6.14. The van der Waals surface area contributed by atoms with Crippen molar-refractivity contribution in [3.05, 3.63) is 93.8 Å². The number of carboxylic acid groups (broad SMARTS) is 1. The van der Waals surface area contributed by atoms with Crippen molar-refractivity contribution in [3.63, 3.8) is 0 Å². The van der Waals surface area contributed by atoms with Crippen molar-refractivity contribution in [1.29, 1.82) is 0 Å². The Morgan fingerprint density at radius 3 is 2.09 bits per heavy atom. The first-order chi connectivity index (χ1) is 20.9. The molecular weight excluding hydrogens is 568 g/mol. The molecule has 0 aliphatic heterocycles. The van der Waals surface area contributed by atoms with E-state index in [4.69, 9.17) is 14.2 Å². The van der Waals surface area contributed by atoms with E-state index in [0.29, 0.717) is 24.5 Å². The van der Waals surface area contributed by atoms with E-state index in [1.807, 2.05) is 41.0 Å². The van der Waals surface area contributed by atoms with E-state index < -0.39 is 5.97 Å². The molecule has 8 heteroatoms. The standard InChI is InChI=1S/C20H19NO3.C15H17NO3.2CH4/c1-24-18-10-14-8-5-9-15(14)19-16(18)11-17(20(22)23)21(19)12-13-6-3-2-4-7-13;1-3-19-15(17)12-8-11-13(18-2)7-9-5-4-6-10(9)14(11)16-12;;/h2-4,6-7,10-11H,5,8-9,12H2,1H3,(H,22,23);7-8,16H,3-6H2,1-2H3;2*1H4. The van der Waals surface area contributed by atoms with E-state index in [0.717, 1.165) is 77.4 Å². The van der Waals surface area contributed by atoms with Crippen molar-refractivity contribution in [2.75, 3.05) is 20.8 Å². The number of nitrogens with zero attached hydrogens (tertiary/aromatic N) is 1. The second-order valence-corrected chi connectivity index (χ2v) is 11.0. The Kier molecular flexibility index (Phi) is 10.3. The van der Waals surface area contributed by atoms with Crippen molar-refractivity contribution < 1.29 is 28.9 Å². The number of nitrogens with one attached hydrogen (secondary N) is 1. The van der Waals surface area contributed by atoms with E-state index in [1.54, 1.807) is 27.2 Å². The fraction of sp³-hybridized carbons (Fsp3) is 0.351. The molecule has 5 aromatic rings. The third-order valence-corrected chi connectivity index (χ3v) is 8.50. The summed E-state index contributed by atoms with van der Waals surface area (Å²) in [5.74, 6) is 0.367. The molecule has 0 atom stereocenters. The zero-order valence-electron chi connectivity index (χ0n) is 24.8. The van der Waals surface area contributed by atoms with Gasteiger partial charge in [0.1, 0.15) is 22.9 Å². The molecule has 0 radical (unpaired) electrons. The van der Waals surface area contributed by atoms with Crippen LogP contribution < -0.4 is 9.47 Å². The molecule has 2 aromatic heterocycles. The number of ether oxygens (including phenoxy) is 3. The number of fused-ring (bicyclic) bond motifs is 6. The molecule has 0 amide bonds. The highest BCUT2D eigenvalue weighted by Gasteiger charge is 2.25. The number of carbonyl (C=O) groups is 2. The first-order valence-corrected chi connectivity index (χ1v) is 14.8. The Balaban J connectivity index is 0.000000201. The smallest absolute Gasteiger partial charge is 0.354 e. The van der Waals surface area contributed by atoms with Gasteiger partial charge in [-0.05, 0) is 97.5 Å². The predicted octanol–water partition coefficient (Wildman–Crippen LogP) is 8.00. The maximum atomic E-state index is 11.8. The predicted molar refractivity (Wildman–Crippen MR) is 179 cm³/mol. The second-order valence-electron chi connectivity index (χ2n) is 11.0. The van der Waals surface area contributed by atoms with Gasteiger partial charge in [-0.2, -0.15) is 0 Å². The van der Waals surface area contributed by atoms with Gasteiger partial charge >= 0.3 is 11.9 Å². The summed E-state index contributed by atoms with van der Waals surface area (Å²) in [6, 6.07) is 17.7. The summed E-state index contributed by atoms with van der Waals surface area (Å²) in [6.45, 7) is 2.73. The lowest BCUT2D eigenvalue weighted by molar-refractivity contribution is 0.0520. The number of hydrogen-bond acceptors (Lipinski definition) is 5. The highest BCUT2D eigenvalue weighted by molar-refractivity contribution is 6.00. The number of aromatic amines is 1. The Morgan fingerprint density at radius 1 is 0.844 bits per heavy atom. The van der Waals surface area contributed by atoms with E-state index >= 15 is 0 Å². The van der Waals surface area contributed by atoms with Gasteiger partial charge in [-0.1, -0.05) is 45.2 Å². The van der Waals surface area contributed by atoms with Gasteiger partial charge < -0.3 is 28.9 Å². The van der Waals surface area contributed by atoms with E-state index in [-0.39, 0.29) is 20.8 Å². The number of carboxylic acids is 1. The Bertz CT molecular complexity index is 1830. The molecule has 0 saturated carbocycles. The van der Waals surface area contributed by atoms with Crippen LogP contribution >= 0.6 is 0 Å². The molecule has 0 spiro atoms. The highest BCUT2D eigenvalue weighted by Crippen LogP contribution is 2.39. The maximum absolute atomic E-state index is 11.8. The molecule has 3 aromatic carbocycles. The van der Waals surface area contributed by atoms with Crippen LogP contribution in [0.5, 0.6) is 11.5 Å². The molecule has 8 nitrogen and oxygen atoms in total. The van der Waals surface area contributed by atoms with Gasteiger partial charge in [0.25, 0.3) is 0 Å². The largest absolute Gasteiger partial charge is 0.496 e. The van der Waals surface area contributed by atoms with Crippen LogP contribution in [-0.2, 0) is 37.0 Å². The van der Waals surface area contributed by atoms with Gasteiger partial charge in [-0.15, -0.1) is 0 Å². The third-order valence-electron chi connectivity index (χ3n) is 8.50. The lowest BCUT2D eigenvalue weighted by Gasteiger charge is -2.13. The lowest BCUT2D eigenvalue weighted by atomic mass is 10.1. The molecule has 2 aliphatic carbocycles. The van der Waals surface area contributed by atoms with Crippen LogP contribution in [0, 0.1) is 0 Å². The maximum Gasteiger partial charge on any atom is 0.354 e. The zero-order valence-corrected chi connectivity index (χ0v) is 24.8. The van der Waals surface area contributed by atoms with Crippen molar-refractivity contribution in [3.8, 4) is 11.5 Å². The highest BCUT2D eigenvalue weighted by atomic mass is 16.5. The molecule has 0 saturated heterocycles. The minimum absolute atomic E-state index is 0. The number of rotatable bonds is 7. The topological polar surface area (TPSA) is 103 Å². The monoisotopic (exact) mass is 612 g/mol. The number of aryl methyl sites for hydroxylation is 4. The summed E-state index contributed by atoms with van der Waals surface area (Å²) in [7, 11) is 3.30. The van der Waals surface area contributed by atoms with Crippen molar-refractivity contribution in [2.45, 2.75) is 66.8 Å². The van der Waals surface area contributed by atoms with Crippen LogP contribution in [0.15, 0.2) is 54.6 Å². The van der Waals surface area contributed by atoms with Crippen LogP contribution in [0.3, 0.4) is 0 Å². The van der Waals surface area contributed by atoms with Crippen molar-refractivity contribution >= 4 is 33.7 Å².